The number of aromatic nitrogens is 2. The SMILES string of the molecule is Cc1nn(CC(C)C)c(C)c1CC(=O)NC(Cc1ccccc1)C(=O)N1CCCC1. The van der Waals surface area contributed by atoms with Crippen LogP contribution in [-0.4, -0.2) is 45.6 Å². The second-order valence-electron chi connectivity index (χ2n) is 8.74. The molecule has 1 aromatic carbocycles. The molecule has 1 N–H and O–H groups in total. The zero-order chi connectivity index (χ0) is 21.7. The quantitative estimate of drug-likeness (QED) is 0.727. The van der Waals surface area contributed by atoms with E-state index in [4.69, 9.17) is 0 Å². The molecule has 1 aromatic heterocycles. The first-order valence-corrected chi connectivity index (χ1v) is 11.0. The number of carbonyl (C=O) groups excluding carboxylic acids is 2. The minimum atomic E-state index is -0.538. The van der Waals surface area contributed by atoms with Crippen molar-refractivity contribution < 1.29 is 9.59 Å². The number of likely N-dealkylation sites (tertiary alicyclic amines) is 1. The number of rotatable bonds is 8. The number of hydrogen-bond acceptors (Lipinski definition) is 3. The monoisotopic (exact) mass is 410 g/mol. The Labute approximate surface area is 179 Å². The van der Waals surface area contributed by atoms with E-state index in [2.05, 4.69) is 24.3 Å². The summed E-state index contributed by atoms with van der Waals surface area (Å²) in [5.41, 5.74) is 3.92. The highest BCUT2D eigenvalue weighted by Crippen LogP contribution is 2.16. The minimum Gasteiger partial charge on any atom is -0.344 e. The Hall–Kier alpha value is -2.63. The first-order chi connectivity index (χ1) is 14.3. The van der Waals surface area contributed by atoms with Gasteiger partial charge in [0.2, 0.25) is 11.8 Å². The van der Waals surface area contributed by atoms with Gasteiger partial charge in [0.05, 0.1) is 12.1 Å². The van der Waals surface area contributed by atoms with Crippen LogP contribution < -0.4 is 5.32 Å². The molecule has 0 saturated carbocycles. The van der Waals surface area contributed by atoms with E-state index in [1.807, 2.05) is 53.8 Å². The van der Waals surface area contributed by atoms with Gasteiger partial charge in [-0.25, -0.2) is 0 Å². The van der Waals surface area contributed by atoms with E-state index in [0.29, 0.717) is 12.3 Å². The van der Waals surface area contributed by atoms with Gasteiger partial charge in [-0.05, 0) is 38.2 Å². The Morgan fingerprint density at radius 3 is 2.40 bits per heavy atom. The van der Waals surface area contributed by atoms with Crippen LogP contribution in [0.15, 0.2) is 30.3 Å². The van der Waals surface area contributed by atoms with Crippen molar-refractivity contribution >= 4 is 11.8 Å². The van der Waals surface area contributed by atoms with Crippen molar-refractivity contribution in [3.05, 3.63) is 52.8 Å². The summed E-state index contributed by atoms with van der Waals surface area (Å²) in [5.74, 6) is 0.380. The summed E-state index contributed by atoms with van der Waals surface area (Å²) in [6, 6.07) is 9.35. The molecule has 1 aliphatic heterocycles. The lowest BCUT2D eigenvalue weighted by Crippen LogP contribution is -2.49. The molecule has 2 amide bonds. The normalized spacial score (nSPS) is 14.9. The molecule has 1 aliphatic rings. The average molecular weight is 411 g/mol. The summed E-state index contributed by atoms with van der Waals surface area (Å²) in [7, 11) is 0. The van der Waals surface area contributed by atoms with E-state index in [0.717, 1.165) is 55.0 Å². The Morgan fingerprint density at radius 2 is 1.77 bits per heavy atom. The van der Waals surface area contributed by atoms with Gasteiger partial charge in [-0.3, -0.25) is 14.3 Å². The molecule has 162 valence electrons. The van der Waals surface area contributed by atoms with E-state index in [9.17, 15) is 9.59 Å². The molecule has 2 heterocycles. The van der Waals surface area contributed by atoms with Gasteiger partial charge in [-0.2, -0.15) is 5.10 Å². The number of amides is 2. The van der Waals surface area contributed by atoms with Crippen LogP contribution in [0, 0.1) is 19.8 Å². The molecule has 0 spiro atoms. The van der Waals surface area contributed by atoms with Gasteiger partial charge in [-0.15, -0.1) is 0 Å². The van der Waals surface area contributed by atoms with Crippen molar-refractivity contribution in [2.24, 2.45) is 5.92 Å². The van der Waals surface area contributed by atoms with Crippen molar-refractivity contribution in [1.29, 1.82) is 0 Å². The number of benzene rings is 1. The summed E-state index contributed by atoms with van der Waals surface area (Å²) in [4.78, 5) is 27.9. The average Bonchev–Trinajstić information content (AvgIpc) is 3.32. The van der Waals surface area contributed by atoms with Crippen LogP contribution in [0.2, 0.25) is 0 Å². The van der Waals surface area contributed by atoms with E-state index in [-0.39, 0.29) is 18.2 Å². The van der Waals surface area contributed by atoms with Gasteiger partial charge in [0.1, 0.15) is 6.04 Å². The highest BCUT2D eigenvalue weighted by atomic mass is 16.2. The molecule has 6 nitrogen and oxygen atoms in total. The van der Waals surface area contributed by atoms with Crippen LogP contribution in [0.4, 0.5) is 0 Å². The maximum absolute atomic E-state index is 13.1. The number of carbonyl (C=O) groups is 2. The summed E-state index contributed by atoms with van der Waals surface area (Å²) < 4.78 is 1.99. The predicted molar refractivity (Wildman–Crippen MR) is 118 cm³/mol. The van der Waals surface area contributed by atoms with E-state index in [1.54, 1.807) is 0 Å². The fourth-order valence-corrected chi connectivity index (χ4v) is 4.13. The topological polar surface area (TPSA) is 67.2 Å². The lowest BCUT2D eigenvalue weighted by Gasteiger charge is -2.24. The van der Waals surface area contributed by atoms with Crippen LogP contribution in [0.3, 0.4) is 0 Å². The van der Waals surface area contributed by atoms with Gasteiger partial charge < -0.3 is 10.2 Å². The van der Waals surface area contributed by atoms with Crippen LogP contribution in [0.5, 0.6) is 0 Å². The van der Waals surface area contributed by atoms with E-state index < -0.39 is 6.04 Å². The van der Waals surface area contributed by atoms with Gasteiger partial charge in [0.25, 0.3) is 0 Å². The highest BCUT2D eigenvalue weighted by molar-refractivity contribution is 5.89. The molecule has 3 rings (SSSR count). The van der Waals surface area contributed by atoms with Gasteiger partial charge in [0.15, 0.2) is 0 Å². The zero-order valence-electron chi connectivity index (χ0n) is 18.6. The molecular weight excluding hydrogens is 376 g/mol. The molecule has 1 fully saturated rings. The lowest BCUT2D eigenvalue weighted by atomic mass is 10.0. The summed E-state index contributed by atoms with van der Waals surface area (Å²) in [6.45, 7) is 10.7. The maximum atomic E-state index is 13.1. The minimum absolute atomic E-state index is 0.0219. The Bertz CT molecular complexity index is 867. The molecule has 6 heteroatoms. The molecule has 1 saturated heterocycles. The van der Waals surface area contributed by atoms with Crippen molar-refractivity contribution in [1.82, 2.24) is 20.0 Å². The largest absolute Gasteiger partial charge is 0.344 e. The summed E-state index contributed by atoms with van der Waals surface area (Å²) in [6.07, 6.45) is 2.82. The zero-order valence-corrected chi connectivity index (χ0v) is 18.6. The van der Waals surface area contributed by atoms with E-state index in [1.165, 1.54) is 0 Å². The number of hydrogen-bond donors (Lipinski definition) is 1. The third-order valence-electron chi connectivity index (χ3n) is 5.74. The smallest absolute Gasteiger partial charge is 0.245 e. The third kappa shape index (κ3) is 5.49. The molecule has 30 heavy (non-hydrogen) atoms. The summed E-state index contributed by atoms with van der Waals surface area (Å²) >= 11 is 0. The number of aryl methyl sites for hydroxylation is 1. The molecule has 2 aromatic rings. The van der Waals surface area contributed by atoms with Crippen LogP contribution in [0.25, 0.3) is 0 Å². The third-order valence-corrected chi connectivity index (χ3v) is 5.74. The fourth-order valence-electron chi connectivity index (χ4n) is 4.13. The second-order valence-corrected chi connectivity index (χ2v) is 8.74. The van der Waals surface area contributed by atoms with Crippen molar-refractivity contribution in [3.8, 4) is 0 Å². The number of nitrogens with zero attached hydrogens (tertiary/aromatic N) is 3. The first-order valence-electron chi connectivity index (χ1n) is 11.0. The predicted octanol–water partition coefficient (Wildman–Crippen LogP) is 3.05. The van der Waals surface area contributed by atoms with Crippen molar-refractivity contribution in [2.75, 3.05) is 13.1 Å². The molecule has 0 radical (unpaired) electrons. The van der Waals surface area contributed by atoms with Crippen LogP contribution >= 0.6 is 0 Å². The summed E-state index contributed by atoms with van der Waals surface area (Å²) in [5, 5.41) is 7.64. The Morgan fingerprint density at radius 1 is 1.10 bits per heavy atom. The lowest BCUT2D eigenvalue weighted by molar-refractivity contribution is -0.135. The number of nitrogens with one attached hydrogen (secondary N) is 1. The molecule has 0 bridgehead atoms. The van der Waals surface area contributed by atoms with Crippen LogP contribution in [0.1, 0.15) is 49.2 Å². The van der Waals surface area contributed by atoms with Gasteiger partial charge in [-0.1, -0.05) is 44.2 Å². The molecule has 0 aliphatic carbocycles. The molecular formula is C24H34N4O2. The van der Waals surface area contributed by atoms with Gasteiger partial charge in [0, 0.05) is 37.3 Å². The van der Waals surface area contributed by atoms with E-state index >= 15 is 0 Å². The highest BCUT2D eigenvalue weighted by Gasteiger charge is 2.28. The van der Waals surface area contributed by atoms with Crippen molar-refractivity contribution in [3.63, 3.8) is 0 Å². The van der Waals surface area contributed by atoms with Gasteiger partial charge >= 0.3 is 0 Å². The maximum Gasteiger partial charge on any atom is 0.245 e. The molecule has 1 unspecified atom stereocenters. The second kappa shape index (κ2) is 9.92. The Kier molecular flexibility index (Phi) is 7.29. The standard InChI is InChI=1S/C24H34N4O2/c1-17(2)16-28-19(4)21(18(3)26-28)15-23(29)25-22(14-20-10-6-5-7-11-20)24(30)27-12-8-9-13-27/h5-7,10-11,17,22H,8-9,12-16H2,1-4H3,(H,25,29). The first kappa shape index (κ1) is 22.1. The fraction of sp³-hybridized carbons (Fsp3) is 0.542. The Balaban J connectivity index is 1.73. The van der Waals surface area contributed by atoms with Crippen molar-refractivity contribution in [2.45, 2.75) is 66.0 Å². The van der Waals surface area contributed by atoms with Crippen LogP contribution in [-0.2, 0) is 29.0 Å². The molecule has 1 atom stereocenters.